The van der Waals surface area contributed by atoms with Gasteiger partial charge in [0.2, 0.25) is 0 Å². The molecule has 110 valence electrons. The number of carbonyl (C=O) groups excluding carboxylic acids is 1. The molecule has 0 saturated heterocycles. The summed E-state index contributed by atoms with van der Waals surface area (Å²) in [5.41, 5.74) is 7.61. The molecule has 0 atom stereocenters. The second-order valence-electron chi connectivity index (χ2n) is 4.41. The Morgan fingerprint density at radius 2 is 1.95 bits per heavy atom. The molecule has 0 unspecified atom stereocenters. The fraction of sp³-hybridized carbons (Fsp3) is 0.133. The average molecular weight is 352 g/mol. The number of nitrogen functional groups attached to an aromatic ring is 1. The summed E-state index contributed by atoms with van der Waals surface area (Å²) in [6.45, 7) is 2.39. The highest BCUT2D eigenvalue weighted by Crippen LogP contribution is 2.27. The van der Waals surface area contributed by atoms with Gasteiger partial charge in [-0.05, 0) is 43.3 Å². The van der Waals surface area contributed by atoms with Crippen LogP contribution in [0.2, 0.25) is 0 Å². The summed E-state index contributed by atoms with van der Waals surface area (Å²) in [4.78, 5) is 11.7. The maximum atomic E-state index is 13.8. The van der Waals surface area contributed by atoms with E-state index in [4.69, 9.17) is 5.73 Å². The SMILES string of the molecule is CCNC(=O)c1ccc(Nc2ccc(Br)cc2F)c(N)c1. The van der Waals surface area contributed by atoms with Crippen molar-refractivity contribution in [3.63, 3.8) is 0 Å². The van der Waals surface area contributed by atoms with E-state index in [1.165, 1.54) is 6.07 Å². The van der Waals surface area contributed by atoms with Gasteiger partial charge in [0, 0.05) is 16.6 Å². The van der Waals surface area contributed by atoms with E-state index in [9.17, 15) is 9.18 Å². The van der Waals surface area contributed by atoms with Gasteiger partial charge in [-0.2, -0.15) is 0 Å². The maximum Gasteiger partial charge on any atom is 0.251 e. The zero-order chi connectivity index (χ0) is 15.4. The molecule has 6 heteroatoms. The van der Waals surface area contributed by atoms with Gasteiger partial charge in [-0.25, -0.2) is 4.39 Å². The summed E-state index contributed by atoms with van der Waals surface area (Å²) in [5.74, 6) is -0.581. The molecule has 0 radical (unpaired) electrons. The van der Waals surface area contributed by atoms with Gasteiger partial charge >= 0.3 is 0 Å². The molecule has 4 N–H and O–H groups in total. The van der Waals surface area contributed by atoms with Gasteiger partial charge in [0.1, 0.15) is 5.82 Å². The topological polar surface area (TPSA) is 67.2 Å². The third kappa shape index (κ3) is 3.72. The molecule has 0 aliphatic heterocycles. The van der Waals surface area contributed by atoms with Crippen LogP contribution >= 0.6 is 15.9 Å². The number of anilines is 3. The number of benzene rings is 2. The number of amides is 1. The van der Waals surface area contributed by atoms with Crippen LogP contribution in [-0.2, 0) is 0 Å². The molecular weight excluding hydrogens is 337 g/mol. The van der Waals surface area contributed by atoms with E-state index in [2.05, 4.69) is 26.6 Å². The number of hydrogen-bond acceptors (Lipinski definition) is 3. The quantitative estimate of drug-likeness (QED) is 0.736. The molecule has 0 aliphatic carbocycles. The minimum absolute atomic E-state index is 0.189. The van der Waals surface area contributed by atoms with Gasteiger partial charge in [0.15, 0.2) is 0 Å². The van der Waals surface area contributed by atoms with Gasteiger partial charge in [0.05, 0.1) is 17.1 Å². The molecule has 0 aliphatic rings. The Morgan fingerprint density at radius 1 is 1.24 bits per heavy atom. The first-order valence-electron chi connectivity index (χ1n) is 6.41. The lowest BCUT2D eigenvalue weighted by Crippen LogP contribution is -2.22. The van der Waals surface area contributed by atoms with Crippen LogP contribution in [0.5, 0.6) is 0 Å². The highest BCUT2D eigenvalue weighted by Gasteiger charge is 2.09. The maximum absolute atomic E-state index is 13.8. The van der Waals surface area contributed by atoms with Crippen molar-refractivity contribution < 1.29 is 9.18 Å². The van der Waals surface area contributed by atoms with E-state index in [1.807, 2.05) is 6.92 Å². The molecule has 2 aromatic rings. The lowest BCUT2D eigenvalue weighted by Gasteiger charge is -2.12. The van der Waals surface area contributed by atoms with E-state index in [0.29, 0.717) is 33.6 Å². The Bertz CT molecular complexity index is 676. The second-order valence-corrected chi connectivity index (χ2v) is 5.33. The lowest BCUT2D eigenvalue weighted by molar-refractivity contribution is 0.0956. The normalized spacial score (nSPS) is 10.2. The van der Waals surface area contributed by atoms with E-state index < -0.39 is 5.82 Å². The van der Waals surface area contributed by atoms with Crippen molar-refractivity contribution in [1.82, 2.24) is 5.32 Å². The minimum atomic E-state index is -0.392. The zero-order valence-electron chi connectivity index (χ0n) is 11.4. The number of carbonyl (C=O) groups is 1. The third-order valence-electron chi connectivity index (χ3n) is 2.85. The van der Waals surface area contributed by atoms with Gasteiger partial charge in [-0.15, -0.1) is 0 Å². The average Bonchev–Trinajstić information content (AvgIpc) is 2.44. The third-order valence-corrected chi connectivity index (χ3v) is 3.34. The van der Waals surface area contributed by atoms with Crippen molar-refractivity contribution in [2.75, 3.05) is 17.6 Å². The Balaban J connectivity index is 2.23. The van der Waals surface area contributed by atoms with Crippen LogP contribution < -0.4 is 16.4 Å². The Labute approximate surface area is 130 Å². The fourth-order valence-corrected chi connectivity index (χ4v) is 2.15. The van der Waals surface area contributed by atoms with Crippen molar-refractivity contribution in [2.45, 2.75) is 6.92 Å². The molecule has 0 aromatic heterocycles. The van der Waals surface area contributed by atoms with Gasteiger partial charge in [0.25, 0.3) is 5.91 Å². The van der Waals surface area contributed by atoms with E-state index in [1.54, 1.807) is 30.3 Å². The highest BCUT2D eigenvalue weighted by atomic mass is 79.9. The largest absolute Gasteiger partial charge is 0.397 e. The molecule has 4 nitrogen and oxygen atoms in total. The summed E-state index contributed by atoms with van der Waals surface area (Å²) in [5, 5.41) is 5.61. The van der Waals surface area contributed by atoms with E-state index in [0.717, 1.165) is 0 Å². The number of nitrogens with one attached hydrogen (secondary N) is 2. The zero-order valence-corrected chi connectivity index (χ0v) is 13.0. The van der Waals surface area contributed by atoms with Crippen LogP contribution in [0.3, 0.4) is 0 Å². The Hall–Kier alpha value is -2.08. The molecule has 0 spiro atoms. The molecular formula is C15H15BrFN3O. The van der Waals surface area contributed by atoms with Gasteiger partial charge in [-0.3, -0.25) is 4.79 Å². The van der Waals surface area contributed by atoms with Gasteiger partial charge in [-0.1, -0.05) is 15.9 Å². The smallest absolute Gasteiger partial charge is 0.251 e. The summed E-state index contributed by atoms with van der Waals surface area (Å²) in [6, 6.07) is 9.55. The van der Waals surface area contributed by atoms with Crippen molar-refractivity contribution in [2.24, 2.45) is 0 Å². The first-order chi connectivity index (χ1) is 10.0. The summed E-state index contributed by atoms with van der Waals surface area (Å²) < 4.78 is 14.4. The molecule has 0 heterocycles. The van der Waals surface area contributed by atoms with E-state index >= 15 is 0 Å². The molecule has 0 bridgehead atoms. The summed E-state index contributed by atoms with van der Waals surface area (Å²) in [6.07, 6.45) is 0. The highest BCUT2D eigenvalue weighted by molar-refractivity contribution is 9.10. The van der Waals surface area contributed by atoms with Crippen LogP contribution in [0, 0.1) is 5.82 Å². The van der Waals surface area contributed by atoms with Gasteiger partial charge < -0.3 is 16.4 Å². The molecule has 0 saturated carbocycles. The number of halogens is 2. The van der Waals surface area contributed by atoms with Crippen LogP contribution in [0.4, 0.5) is 21.5 Å². The van der Waals surface area contributed by atoms with Crippen LogP contribution in [0.25, 0.3) is 0 Å². The number of nitrogens with two attached hydrogens (primary N) is 1. The van der Waals surface area contributed by atoms with Crippen molar-refractivity contribution in [1.29, 1.82) is 0 Å². The Morgan fingerprint density at radius 3 is 2.57 bits per heavy atom. The van der Waals surface area contributed by atoms with Crippen LogP contribution in [0.1, 0.15) is 17.3 Å². The summed E-state index contributed by atoms with van der Waals surface area (Å²) in [7, 11) is 0. The van der Waals surface area contributed by atoms with Crippen LogP contribution in [-0.4, -0.2) is 12.5 Å². The monoisotopic (exact) mass is 351 g/mol. The minimum Gasteiger partial charge on any atom is -0.397 e. The Kier molecular flexibility index (Phi) is 4.80. The second kappa shape index (κ2) is 6.58. The van der Waals surface area contributed by atoms with E-state index in [-0.39, 0.29) is 5.91 Å². The van der Waals surface area contributed by atoms with Crippen molar-refractivity contribution in [3.05, 3.63) is 52.3 Å². The lowest BCUT2D eigenvalue weighted by atomic mass is 10.1. The first-order valence-corrected chi connectivity index (χ1v) is 7.20. The fourth-order valence-electron chi connectivity index (χ4n) is 1.82. The van der Waals surface area contributed by atoms with Crippen molar-refractivity contribution >= 4 is 38.9 Å². The molecule has 1 amide bonds. The number of hydrogen-bond donors (Lipinski definition) is 3. The molecule has 21 heavy (non-hydrogen) atoms. The first kappa shape index (κ1) is 15.3. The molecule has 2 aromatic carbocycles. The molecule has 2 rings (SSSR count). The predicted octanol–water partition coefficient (Wildman–Crippen LogP) is 3.66. The molecule has 0 fully saturated rings. The standard InChI is InChI=1S/C15H15BrFN3O/c1-2-19-15(21)9-3-5-14(12(18)7-9)20-13-6-4-10(16)8-11(13)17/h3-8,20H,2,18H2,1H3,(H,19,21). The van der Waals surface area contributed by atoms with Crippen molar-refractivity contribution in [3.8, 4) is 0 Å². The number of rotatable bonds is 4. The van der Waals surface area contributed by atoms with Crippen LogP contribution in [0.15, 0.2) is 40.9 Å². The summed E-state index contributed by atoms with van der Waals surface area (Å²) >= 11 is 3.20. The predicted molar refractivity (Wildman–Crippen MR) is 86.2 cm³/mol.